The van der Waals surface area contributed by atoms with E-state index in [2.05, 4.69) is 10.5 Å². The van der Waals surface area contributed by atoms with E-state index in [1.807, 2.05) is 20.8 Å². The molecule has 7 nitrogen and oxygen atoms in total. The van der Waals surface area contributed by atoms with Gasteiger partial charge in [0, 0.05) is 30.6 Å². The van der Waals surface area contributed by atoms with Crippen LogP contribution in [0.25, 0.3) is 0 Å². The third-order valence-electron chi connectivity index (χ3n) is 4.79. The molecular formula is C17H27N3O4S. The summed E-state index contributed by atoms with van der Waals surface area (Å²) in [6, 6.07) is 1.55. The first-order valence-electron chi connectivity index (χ1n) is 9.03. The van der Waals surface area contributed by atoms with Crippen molar-refractivity contribution in [3.8, 4) is 0 Å². The molecule has 3 rings (SSSR count). The Bertz CT molecular complexity index is 724. The van der Waals surface area contributed by atoms with Crippen molar-refractivity contribution < 1.29 is 17.7 Å². The number of nitrogens with one attached hydrogen (secondary N) is 1. The maximum Gasteiger partial charge on any atom is 0.273 e. The summed E-state index contributed by atoms with van der Waals surface area (Å²) in [7, 11) is -3.24. The van der Waals surface area contributed by atoms with Gasteiger partial charge in [0.15, 0.2) is 5.69 Å². The molecule has 1 saturated carbocycles. The van der Waals surface area contributed by atoms with Crippen molar-refractivity contribution in [2.45, 2.75) is 64.5 Å². The Morgan fingerprint density at radius 2 is 2.12 bits per heavy atom. The Balaban J connectivity index is 1.56. The number of rotatable bonds is 6. The summed E-state index contributed by atoms with van der Waals surface area (Å²) in [6.07, 6.45) is 3.41. The van der Waals surface area contributed by atoms with Gasteiger partial charge in [0.1, 0.15) is 5.76 Å². The van der Waals surface area contributed by atoms with Crippen LogP contribution in [-0.2, 0) is 10.0 Å². The standard InChI is InChI=1S/C17H27N3O4S/c1-11(2)10-25(22,23)20-7-6-14(8-12(20)3)18-17(21)15-9-16(24-19-15)13-4-5-13/h9,11-14H,4-8,10H2,1-3H3,(H,18,21)/t12-,14-/m1/s1. The van der Waals surface area contributed by atoms with Gasteiger partial charge in [-0.2, -0.15) is 4.31 Å². The summed E-state index contributed by atoms with van der Waals surface area (Å²) in [6.45, 7) is 6.15. The van der Waals surface area contributed by atoms with Crippen LogP contribution < -0.4 is 5.32 Å². The minimum Gasteiger partial charge on any atom is -0.360 e. The van der Waals surface area contributed by atoms with Crippen LogP contribution in [0.2, 0.25) is 0 Å². The van der Waals surface area contributed by atoms with Gasteiger partial charge in [-0.3, -0.25) is 4.79 Å². The first kappa shape index (κ1) is 18.4. The van der Waals surface area contributed by atoms with Gasteiger partial charge in [-0.1, -0.05) is 19.0 Å². The van der Waals surface area contributed by atoms with Crippen LogP contribution >= 0.6 is 0 Å². The largest absolute Gasteiger partial charge is 0.360 e. The van der Waals surface area contributed by atoms with Gasteiger partial charge in [-0.05, 0) is 38.5 Å². The van der Waals surface area contributed by atoms with E-state index in [9.17, 15) is 13.2 Å². The van der Waals surface area contributed by atoms with Crippen LogP contribution in [-0.4, -0.2) is 48.2 Å². The van der Waals surface area contributed by atoms with Gasteiger partial charge in [0.25, 0.3) is 5.91 Å². The van der Waals surface area contributed by atoms with E-state index in [4.69, 9.17) is 4.52 Å². The average molecular weight is 369 g/mol. The van der Waals surface area contributed by atoms with Crippen LogP contribution in [0.15, 0.2) is 10.6 Å². The molecule has 0 bridgehead atoms. The Labute approximate surface area is 149 Å². The average Bonchev–Trinajstić information content (AvgIpc) is 3.22. The van der Waals surface area contributed by atoms with Crippen molar-refractivity contribution in [2.24, 2.45) is 5.92 Å². The van der Waals surface area contributed by atoms with Gasteiger partial charge < -0.3 is 9.84 Å². The van der Waals surface area contributed by atoms with Crippen LogP contribution in [0, 0.1) is 5.92 Å². The lowest BCUT2D eigenvalue weighted by Crippen LogP contribution is -2.51. The molecule has 140 valence electrons. The molecule has 0 spiro atoms. The Morgan fingerprint density at radius 1 is 1.40 bits per heavy atom. The molecular weight excluding hydrogens is 342 g/mol. The zero-order valence-corrected chi connectivity index (χ0v) is 15.9. The molecule has 25 heavy (non-hydrogen) atoms. The summed E-state index contributed by atoms with van der Waals surface area (Å²) in [5, 5.41) is 6.82. The lowest BCUT2D eigenvalue weighted by molar-refractivity contribution is 0.0905. The maximum atomic E-state index is 12.4. The first-order valence-corrected chi connectivity index (χ1v) is 10.6. The molecule has 1 aromatic heterocycles. The number of hydrogen-bond donors (Lipinski definition) is 1. The molecule has 2 fully saturated rings. The summed E-state index contributed by atoms with van der Waals surface area (Å²) in [5.74, 6) is 1.22. The van der Waals surface area contributed by atoms with Crippen molar-refractivity contribution in [1.29, 1.82) is 0 Å². The zero-order valence-electron chi connectivity index (χ0n) is 15.1. The third-order valence-corrected chi connectivity index (χ3v) is 7.14. The SMILES string of the molecule is CC(C)CS(=O)(=O)N1CC[C@@H](NC(=O)c2cc(C3CC3)on2)C[C@H]1C. The maximum absolute atomic E-state index is 12.4. The Kier molecular flexibility index (Phi) is 5.20. The van der Waals surface area contributed by atoms with E-state index in [0.29, 0.717) is 31.0 Å². The number of carbonyl (C=O) groups excluding carboxylic acids is 1. The Morgan fingerprint density at radius 3 is 2.72 bits per heavy atom. The molecule has 1 saturated heterocycles. The van der Waals surface area contributed by atoms with E-state index < -0.39 is 10.0 Å². The molecule has 1 aliphatic carbocycles. The number of sulfonamides is 1. The van der Waals surface area contributed by atoms with Crippen molar-refractivity contribution >= 4 is 15.9 Å². The molecule has 1 N–H and O–H groups in total. The molecule has 2 atom stereocenters. The highest BCUT2D eigenvalue weighted by atomic mass is 32.2. The quantitative estimate of drug-likeness (QED) is 0.829. The van der Waals surface area contributed by atoms with E-state index >= 15 is 0 Å². The highest BCUT2D eigenvalue weighted by Crippen LogP contribution is 2.40. The number of hydrogen-bond acceptors (Lipinski definition) is 5. The van der Waals surface area contributed by atoms with Gasteiger partial charge in [-0.15, -0.1) is 0 Å². The van der Waals surface area contributed by atoms with E-state index in [-0.39, 0.29) is 29.7 Å². The van der Waals surface area contributed by atoms with Crippen molar-refractivity contribution in [3.63, 3.8) is 0 Å². The second-order valence-electron chi connectivity index (χ2n) is 7.72. The van der Waals surface area contributed by atoms with E-state index in [1.165, 1.54) is 0 Å². The fraction of sp³-hybridized carbons (Fsp3) is 0.765. The van der Waals surface area contributed by atoms with Crippen LogP contribution in [0.4, 0.5) is 0 Å². The minimum atomic E-state index is -3.24. The normalized spacial score (nSPS) is 25.3. The molecule has 0 aromatic carbocycles. The third kappa shape index (κ3) is 4.41. The summed E-state index contributed by atoms with van der Waals surface area (Å²) in [4.78, 5) is 12.3. The minimum absolute atomic E-state index is 0.0472. The second kappa shape index (κ2) is 7.07. The van der Waals surface area contributed by atoms with E-state index in [0.717, 1.165) is 18.6 Å². The van der Waals surface area contributed by atoms with Crippen molar-refractivity contribution in [3.05, 3.63) is 17.5 Å². The molecule has 0 radical (unpaired) electrons. The predicted molar refractivity (Wildman–Crippen MR) is 93.8 cm³/mol. The summed E-state index contributed by atoms with van der Waals surface area (Å²) >= 11 is 0. The number of aromatic nitrogens is 1. The Hall–Kier alpha value is -1.41. The fourth-order valence-electron chi connectivity index (χ4n) is 3.43. The lowest BCUT2D eigenvalue weighted by Gasteiger charge is -2.37. The number of piperidine rings is 1. The van der Waals surface area contributed by atoms with Gasteiger partial charge in [-0.25, -0.2) is 8.42 Å². The predicted octanol–water partition coefficient (Wildman–Crippen LogP) is 2.12. The molecule has 1 aliphatic heterocycles. The number of amides is 1. The molecule has 2 heterocycles. The smallest absolute Gasteiger partial charge is 0.273 e. The summed E-state index contributed by atoms with van der Waals surface area (Å²) < 4.78 is 31.7. The first-order chi connectivity index (χ1) is 11.8. The summed E-state index contributed by atoms with van der Waals surface area (Å²) in [5.41, 5.74) is 0.310. The monoisotopic (exact) mass is 369 g/mol. The molecule has 8 heteroatoms. The number of nitrogens with zero attached hydrogens (tertiary/aromatic N) is 2. The molecule has 1 aromatic rings. The topological polar surface area (TPSA) is 92.5 Å². The molecule has 2 aliphatic rings. The lowest BCUT2D eigenvalue weighted by atomic mass is 10.0. The van der Waals surface area contributed by atoms with Gasteiger partial charge in [0.05, 0.1) is 5.75 Å². The molecule has 0 unspecified atom stereocenters. The van der Waals surface area contributed by atoms with Crippen molar-refractivity contribution in [2.75, 3.05) is 12.3 Å². The fourth-order valence-corrected chi connectivity index (χ4v) is 5.48. The highest BCUT2D eigenvalue weighted by molar-refractivity contribution is 7.89. The van der Waals surface area contributed by atoms with Gasteiger partial charge in [0.2, 0.25) is 10.0 Å². The van der Waals surface area contributed by atoms with E-state index in [1.54, 1.807) is 10.4 Å². The van der Waals surface area contributed by atoms with Gasteiger partial charge >= 0.3 is 0 Å². The zero-order chi connectivity index (χ0) is 18.2. The second-order valence-corrected chi connectivity index (χ2v) is 9.68. The molecule has 1 amide bonds. The number of carbonyl (C=O) groups is 1. The van der Waals surface area contributed by atoms with Crippen LogP contribution in [0.5, 0.6) is 0 Å². The van der Waals surface area contributed by atoms with Crippen molar-refractivity contribution in [1.82, 2.24) is 14.8 Å². The van der Waals surface area contributed by atoms with Crippen LogP contribution in [0.1, 0.15) is 68.6 Å². The van der Waals surface area contributed by atoms with Crippen LogP contribution in [0.3, 0.4) is 0 Å². The highest BCUT2D eigenvalue weighted by Gasteiger charge is 2.35.